The molecule has 2 atom stereocenters. The fraction of sp³-hybridized carbons (Fsp3) is 0.625. The van der Waals surface area contributed by atoms with Gasteiger partial charge in [0.2, 0.25) is 11.2 Å². The van der Waals surface area contributed by atoms with Gasteiger partial charge in [-0.15, -0.1) is 0 Å². The summed E-state index contributed by atoms with van der Waals surface area (Å²) in [5.41, 5.74) is -2.39. The minimum absolute atomic E-state index is 0.222. The molecule has 0 unspecified atom stereocenters. The average molecular weight is 493 g/mol. The van der Waals surface area contributed by atoms with Crippen LogP contribution < -0.4 is 0 Å². The van der Waals surface area contributed by atoms with E-state index in [4.69, 9.17) is 14.2 Å². The van der Waals surface area contributed by atoms with Gasteiger partial charge in [-0.2, -0.15) is 0 Å². The first-order chi connectivity index (χ1) is 17.3. The highest BCUT2D eigenvalue weighted by atomic mass is 16.8. The molecule has 1 aromatic rings. The Hall–Kier alpha value is -2.26. The zero-order valence-corrected chi connectivity index (χ0v) is 22.9. The second kappa shape index (κ2) is 15.1. The number of unbranched alkanes of at least 4 members (excludes halogenated alkanes) is 6. The van der Waals surface area contributed by atoms with Gasteiger partial charge in [-0.05, 0) is 38.7 Å². The van der Waals surface area contributed by atoms with E-state index in [9.17, 15) is 5.11 Å². The minimum atomic E-state index is -1.85. The molecule has 1 heterocycles. The third kappa shape index (κ3) is 8.69. The molecule has 0 saturated carbocycles. The van der Waals surface area contributed by atoms with Crippen molar-refractivity contribution in [1.29, 1.82) is 0 Å². The smallest absolute Gasteiger partial charge is 0.231 e. The fourth-order valence-corrected chi connectivity index (χ4v) is 3.88. The summed E-state index contributed by atoms with van der Waals surface area (Å²) < 4.78 is 18.9. The van der Waals surface area contributed by atoms with Crippen LogP contribution in [0.4, 0.5) is 0 Å². The summed E-state index contributed by atoms with van der Waals surface area (Å²) in [5, 5.41) is 12.3. The summed E-state index contributed by atoms with van der Waals surface area (Å²) in [4.78, 5) is 0. The van der Waals surface area contributed by atoms with Gasteiger partial charge in [0.05, 0.1) is 13.2 Å². The first kappa shape index (κ1) is 30.0. The predicted octanol–water partition coefficient (Wildman–Crippen LogP) is 6.41. The van der Waals surface area contributed by atoms with E-state index in [2.05, 4.69) is 56.3 Å². The molecule has 0 radical (unpaired) electrons. The Balaban J connectivity index is 2.65. The molecule has 0 bridgehead atoms. The Morgan fingerprint density at radius 2 is 1.42 bits per heavy atom. The molecule has 0 aromatic heterocycles. The molecule has 196 valence electrons. The SMILES string of the molecule is CCCCC#CC(O)(C#CCCCC)[C@](C#CCCCC)(OCc1ccccc1)[C@@H]1COC(C)(C)O1. The van der Waals surface area contributed by atoms with Crippen molar-refractivity contribution in [3.8, 4) is 35.5 Å². The van der Waals surface area contributed by atoms with E-state index in [0.717, 1.165) is 44.1 Å². The van der Waals surface area contributed by atoms with E-state index in [1.165, 1.54) is 0 Å². The maximum atomic E-state index is 12.3. The van der Waals surface area contributed by atoms with Gasteiger partial charge in [-0.25, -0.2) is 0 Å². The van der Waals surface area contributed by atoms with E-state index < -0.39 is 23.1 Å². The van der Waals surface area contributed by atoms with Crippen LogP contribution in [0.3, 0.4) is 0 Å². The van der Waals surface area contributed by atoms with Crippen LogP contribution in [-0.4, -0.2) is 34.8 Å². The lowest BCUT2D eigenvalue weighted by Crippen LogP contribution is -2.62. The molecule has 4 heteroatoms. The average Bonchev–Trinajstić information content (AvgIpc) is 3.24. The molecular formula is C32H44O4. The Morgan fingerprint density at radius 3 is 1.89 bits per heavy atom. The van der Waals surface area contributed by atoms with E-state index in [1.54, 1.807) is 0 Å². The normalized spacial score (nSPS) is 18.1. The highest BCUT2D eigenvalue weighted by Crippen LogP contribution is 2.39. The Kier molecular flexibility index (Phi) is 12.6. The van der Waals surface area contributed by atoms with E-state index in [1.807, 2.05) is 44.2 Å². The van der Waals surface area contributed by atoms with Gasteiger partial charge in [-0.1, -0.05) is 106 Å². The van der Waals surface area contributed by atoms with Gasteiger partial charge >= 0.3 is 0 Å². The van der Waals surface area contributed by atoms with Crippen molar-refractivity contribution >= 4 is 0 Å². The molecule has 0 aliphatic carbocycles. The standard InChI is InChI=1S/C32H44O4/c1-6-9-12-18-23-31(33,24-19-13-10-7-2)32(25-20-14-11-8-3,29-27-34-30(4,5)36-29)35-26-28-21-16-15-17-22-28/h15-17,21-22,29,33H,6-14,26-27H2,1-5H3/t29-,32+/m0/s1. The molecule has 2 rings (SSSR count). The summed E-state index contributed by atoms with van der Waals surface area (Å²) in [7, 11) is 0. The van der Waals surface area contributed by atoms with Gasteiger partial charge in [0.15, 0.2) is 5.79 Å². The van der Waals surface area contributed by atoms with Crippen molar-refractivity contribution in [1.82, 2.24) is 0 Å². The third-order valence-corrected chi connectivity index (χ3v) is 6.09. The first-order valence-electron chi connectivity index (χ1n) is 13.5. The molecule has 4 nitrogen and oxygen atoms in total. The summed E-state index contributed by atoms with van der Waals surface area (Å²) in [6.45, 7) is 10.6. The van der Waals surface area contributed by atoms with Gasteiger partial charge < -0.3 is 19.3 Å². The third-order valence-electron chi connectivity index (χ3n) is 6.09. The summed E-state index contributed by atoms with van der Waals surface area (Å²) in [6.07, 6.45) is 7.28. The van der Waals surface area contributed by atoms with Crippen LogP contribution in [0.5, 0.6) is 0 Å². The lowest BCUT2D eigenvalue weighted by molar-refractivity contribution is -0.198. The Bertz CT molecular complexity index is 938. The van der Waals surface area contributed by atoms with Gasteiger partial charge in [0.25, 0.3) is 0 Å². The van der Waals surface area contributed by atoms with Crippen molar-refractivity contribution in [3.05, 3.63) is 35.9 Å². The fourth-order valence-electron chi connectivity index (χ4n) is 3.88. The van der Waals surface area contributed by atoms with Crippen molar-refractivity contribution in [2.24, 2.45) is 0 Å². The van der Waals surface area contributed by atoms with E-state index >= 15 is 0 Å². The van der Waals surface area contributed by atoms with Crippen LogP contribution in [0, 0.1) is 35.5 Å². The molecular weight excluding hydrogens is 448 g/mol. The van der Waals surface area contributed by atoms with Crippen LogP contribution in [0.1, 0.15) is 98.0 Å². The van der Waals surface area contributed by atoms with Gasteiger partial charge in [0.1, 0.15) is 6.10 Å². The van der Waals surface area contributed by atoms with Gasteiger partial charge in [0, 0.05) is 19.3 Å². The number of hydrogen-bond donors (Lipinski definition) is 1. The maximum absolute atomic E-state index is 12.3. The van der Waals surface area contributed by atoms with Crippen LogP contribution in [0.25, 0.3) is 0 Å². The van der Waals surface area contributed by atoms with Crippen LogP contribution in [-0.2, 0) is 20.8 Å². The monoisotopic (exact) mass is 492 g/mol. The number of rotatable bonds is 11. The number of hydrogen-bond acceptors (Lipinski definition) is 4. The van der Waals surface area contributed by atoms with Crippen molar-refractivity contribution in [3.63, 3.8) is 0 Å². The number of aliphatic hydroxyl groups is 1. The van der Waals surface area contributed by atoms with Crippen LogP contribution in [0.15, 0.2) is 30.3 Å². The summed E-state index contributed by atoms with van der Waals surface area (Å²) >= 11 is 0. The van der Waals surface area contributed by atoms with Crippen LogP contribution in [0.2, 0.25) is 0 Å². The molecule has 36 heavy (non-hydrogen) atoms. The largest absolute Gasteiger partial charge is 0.364 e. The van der Waals surface area contributed by atoms with E-state index in [0.29, 0.717) is 19.3 Å². The zero-order chi connectivity index (χ0) is 26.3. The minimum Gasteiger partial charge on any atom is -0.364 e. The van der Waals surface area contributed by atoms with Crippen molar-refractivity contribution < 1.29 is 19.3 Å². The second-order valence-corrected chi connectivity index (χ2v) is 9.75. The summed E-state index contributed by atoms with van der Waals surface area (Å²) in [5.74, 6) is 18.3. The molecule has 1 aliphatic heterocycles. The van der Waals surface area contributed by atoms with E-state index in [-0.39, 0.29) is 13.2 Å². The molecule has 1 fully saturated rings. The topological polar surface area (TPSA) is 47.9 Å². The molecule has 1 aliphatic rings. The molecule has 1 aromatic carbocycles. The number of ether oxygens (including phenoxy) is 3. The lowest BCUT2D eigenvalue weighted by Gasteiger charge is -2.41. The predicted molar refractivity (Wildman–Crippen MR) is 146 cm³/mol. The molecule has 0 amide bonds. The highest BCUT2D eigenvalue weighted by Gasteiger charge is 2.59. The second-order valence-electron chi connectivity index (χ2n) is 9.75. The lowest BCUT2D eigenvalue weighted by atomic mass is 9.78. The number of benzene rings is 1. The van der Waals surface area contributed by atoms with Crippen molar-refractivity contribution in [2.45, 2.75) is 122 Å². The highest BCUT2D eigenvalue weighted by molar-refractivity contribution is 5.44. The van der Waals surface area contributed by atoms with Crippen molar-refractivity contribution in [2.75, 3.05) is 6.61 Å². The van der Waals surface area contributed by atoms with Gasteiger partial charge in [-0.3, -0.25) is 0 Å². The maximum Gasteiger partial charge on any atom is 0.231 e. The zero-order valence-electron chi connectivity index (χ0n) is 22.9. The Morgan fingerprint density at radius 1 is 0.889 bits per heavy atom. The summed E-state index contributed by atoms with van der Waals surface area (Å²) in [6, 6.07) is 9.88. The Labute approximate surface area is 219 Å². The van der Waals surface area contributed by atoms with Crippen LogP contribution >= 0.6 is 0 Å². The quantitative estimate of drug-likeness (QED) is 0.287. The molecule has 1 saturated heterocycles. The first-order valence-corrected chi connectivity index (χ1v) is 13.5. The molecule has 0 spiro atoms. The molecule has 1 N–H and O–H groups in total.